The fraction of sp³-hybridized carbons (Fsp3) is 0.304. The Labute approximate surface area is 180 Å². The van der Waals surface area contributed by atoms with Crippen molar-refractivity contribution < 1.29 is 4.74 Å². The Morgan fingerprint density at radius 1 is 0.935 bits per heavy atom. The smallest absolute Gasteiger partial charge is 0.220 e. The highest BCUT2D eigenvalue weighted by molar-refractivity contribution is 5.81. The van der Waals surface area contributed by atoms with Crippen LogP contribution in [0, 0.1) is 0 Å². The lowest BCUT2D eigenvalue weighted by molar-refractivity contribution is 0.0360. The van der Waals surface area contributed by atoms with Crippen molar-refractivity contribution in [3.63, 3.8) is 0 Å². The zero-order valence-electron chi connectivity index (χ0n) is 17.3. The van der Waals surface area contributed by atoms with Gasteiger partial charge in [-0.15, -0.1) is 0 Å². The van der Waals surface area contributed by atoms with Gasteiger partial charge in [0.2, 0.25) is 5.95 Å². The normalized spacial score (nSPS) is 14.8. The molecule has 8 nitrogen and oxygen atoms in total. The Morgan fingerprint density at radius 3 is 2.61 bits per heavy atom. The van der Waals surface area contributed by atoms with Gasteiger partial charge < -0.3 is 10.5 Å². The number of nitrogen functional groups attached to an aromatic ring is 1. The van der Waals surface area contributed by atoms with Crippen LogP contribution in [0.1, 0.15) is 11.3 Å². The first-order valence-corrected chi connectivity index (χ1v) is 10.5. The van der Waals surface area contributed by atoms with Crippen molar-refractivity contribution in [2.24, 2.45) is 0 Å². The minimum absolute atomic E-state index is 0.268. The highest BCUT2D eigenvalue weighted by Crippen LogP contribution is 2.23. The van der Waals surface area contributed by atoms with Crippen LogP contribution < -0.4 is 5.73 Å². The highest BCUT2D eigenvalue weighted by atomic mass is 16.5. The number of aromatic nitrogens is 5. The van der Waals surface area contributed by atoms with Crippen LogP contribution in [0.2, 0.25) is 0 Å². The molecule has 0 amide bonds. The summed E-state index contributed by atoms with van der Waals surface area (Å²) < 4.78 is 7.39. The largest absolute Gasteiger partial charge is 0.379 e. The van der Waals surface area contributed by atoms with E-state index < -0.39 is 0 Å². The SMILES string of the molecule is Nc1nc(Cc2ccccc2)c2nc(-c3cnn(CCN4CCOCC4)c3)ccc2n1. The highest BCUT2D eigenvalue weighted by Gasteiger charge is 2.13. The van der Waals surface area contributed by atoms with Gasteiger partial charge in [-0.3, -0.25) is 9.58 Å². The van der Waals surface area contributed by atoms with E-state index in [4.69, 9.17) is 15.5 Å². The number of morpholine rings is 1. The first-order chi connectivity index (χ1) is 15.2. The molecule has 1 aliphatic rings. The molecule has 1 saturated heterocycles. The molecule has 1 fully saturated rings. The molecule has 5 rings (SSSR count). The Bertz CT molecular complexity index is 1170. The molecule has 0 radical (unpaired) electrons. The van der Waals surface area contributed by atoms with Gasteiger partial charge in [-0.05, 0) is 17.7 Å². The molecule has 0 aliphatic carbocycles. The third-order valence-electron chi connectivity index (χ3n) is 5.52. The van der Waals surface area contributed by atoms with Crippen molar-refractivity contribution >= 4 is 17.0 Å². The monoisotopic (exact) mass is 415 g/mol. The van der Waals surface area contributed by atoms with Gasteiger partial charge in [-0.25, -0.2) is 15.0 Å². The maximum atomic E-state index is 5.95. The maximum Gasteiger partial charge on any atom is 0.220 e. The second-order valence-electron chi connectivity index (χ2n) is 7.70. The molecule has 0 unspecified atom stereocenters. The van der Waals surface area contributed by atoms with Gasteiger partial charge in [0, 0.05) is 37.8 Å². The van der Waals surface area contributed by atoms with Crippen LogP contribution in [-0.2, 0) is 17.7 Å². The summed E-state index contributed by atoms with van der Waals surface area (Å²) in [4.78, 5) is 16.1. The lowest BCUT2D eigenvalue weighted by Gasteiger charge is -2.26. The molecule has 0 spiro atoms. The van der Waals surface area contributed by atoms with Gasteiger partial charge in [0.25, 0.3) is 0 Å². The summed E-state index contributed by atoms with van der Waals surface area (Å²) in [5.74, 6) is 0.268. The van der Waals surface area contributed by atoms with Crippen LogP contribution in [0.3, 0.4) is 0 Å². The van der Waals surface area contributed by atoms with E-state index in [1.54, 1.807) is 0 Å². The number of anilines is 1. The van der Waals surface area contributed by atoms with Crippen molar-refractivity contribution in [1.29, 1.82) is 0 Å². The third kappa shape index (κ3) is 4.55. The number of nitrogens with two attached hydrogens (primary N) is 1. The molecule has 1 aliphatic heterocycles. The van der Waals surface area contributed by atoms with Gasteiger partial charge in [-0.2, -0.15) is 5.10 Å². The van der Waals surface area contributed by atoms with Gasteiger partial charge in [0.15, 0.2) is 0 Å². The summed E-state index contributed by atoms with van der Waals surface area (Å²) in [6, 6.07) is 14.1. The topological polar surface area (TPSA) is 95.0 Å². The van der Waals surface area contributed by atoms with Crippen molar-refractivity contribution in [1.82, 2.24) is 29.6 Å². The van der Waals surface area contributed by atoms with Crippen LogP contribution in [0.25, 0.3) is 22.3 Å². The minimum Gasteiger partial charge on any atom is -0.379 e. The van der Waals surface area contributed by atoms with Crippen LogP contribution in [-0.4, -0.2) is 62.5 Å². The number of hydrogen-bond donors (Lipinski definition) is 1. The van der Waals surface area contributed by atoms with Gasteiger partial charge in [-0.1, -0.05) is 30.3 Å². The summed E-state index contributed by atoms with van der Waals surface area (Å²) >= 11 is 0. The first-order valence-electron chi connectivity index (χ1n) is 10.5. The number of ether oxygens (including phenoxy) is 1. The molecule has 2 N–H and O–H groups in total. The Morgan fingerprint density at radius 2 is 1.77 bits per heavy atom. The third-order valence-corrected chi connectivity index (χ3v) is 5.52. The average molecular weight is 416 g/mol. The average Bonchev–Trinajstić information content (AvgIpc) is 3.28. The Hall–Kier alpha value is -3.36. The van der Waals surface area contributed by atoms with Crippen molar-refractivity contribution in [3.05, 3.63) is 66.1 Å². The number of pyridine rings is 1. The fourth-order valence-corrected chi connectivity index (χ4v) is 3.85. The van der Waals surface area contributed by atoms with Gasteiger partial charge in [0.1, 0.15) is 5.52 Å². The molecular formula is C23H25N7O. The number of fused-ring (bicyclic) bond motifs is 1. The second kappa shape index (κ2) is 8.79. The zero-order valence-corrected chi connectivity index (χ0v) is 17.3. The first kappa shape index (κ1) is 19.6. The lowest BCUT2D eigenvalue weighted by atomic mass is 10.1. The Balaban J connectivity index is 1.39. The molecular weight excluding hydrogens is 390 g/mol. The summed E-state index contributed by atoms with van der Waals surface area (Å²) in [5.41, 5.74) is 11.3. The van der Waals surface area contributed by atoms with E-state index in [-0.39, 0.29) is 5.95 Å². The lowest BCUT2D eigenvalue weighted by Crippen LogP contribution is -2.38. The van der Waals surface area contributed by atoms with Crippen LogP contribution in [0.4, 0.5) is 5.95 Å². The molecule has 1 aromatic carbocycles. The van der Waals surface area contributed by atoms with Crippen LogP contribution in [0.5, 0.6) is 0 Å². The zero-order chi connectivity index (χ0) is 21.0. The summed E-state index contributed by atoms with van der Waals surface area (Å²) in [5, 5.41) is 4.53. The molecule has 4 aromatic rings. The van der Waals surface area contributed by atoms with Crippen LogP contribution in [0.15, 0.2) is 54.9 Å². The van der Waals surface area contributed by atoms with E-state index >= 15 is 0 Å². The van der Waals surface area contributed by atoms with E-state index in [0.29, 0.717) is 6.42 Å². The van der Waals surface area contributed by atoms with E-state index in [9.17, 15) is 0 Å². The molecule has 158 valence electrons. The van der Waals surface area contributed by atoms with E-state index in [1.165, 1.54) is 0 Å². The molecule has 3 aromatic heterocycles. The number of hydrogen-bond acceptors (Lipinski definition) is 7. The van der Waals surface area contributed by atoms with Gasteiger partial charge >= 0.3 is 0 Å². The van der Waals surface area contributed by atoms with E-state index in [0.717, 1.165) is 72.9 Å². The summed E-state index contributed by atoms with van der Waals surface area (Å²) in [6.07, 6.45) is 4.56. The standard InChI is InChI=1S/C23H25N7O/c24-23-27-20-7-6-19(26-22(20)21(28-23)14-17-4-2-1-3-5-17)18-15-25-30(16-18)9-8-29-10-12-31-13-11-29/h1-7,15-16H,8-14H2,(H2,24,27,28). The fourth-order valence-electron chi connectivity index (χ4n) is 3.85. The van der Waals surface area contributed by atoms with Crippen LogP contribution >= 0.6 is 0 Å². The second-order valence-corrected chi connectivity index (χ2v) is 7.70. The molecule has 4 heterocycles. The predicted molar refractivity (Wildman–Crippen MR) is 119 cm³/mol. The molecule has 8 heteroatoms. The molecule has 0 atom stereocenters. The quantitative estimate of drug-likeness (QED) is 0.517. The molecule has 0 bridgehead atoms. The molecule has 0 saturated carbocycles. The van der Waals surface area contributed by atoms with E-state index in [2.05, 4.69) is 32.1 Å². The predicted octanol–water partition coefficient (Wildman–Crippen LogP) is 2.39. The van der Waals surface area contributed by atoms with E-state index in [1.807, 2.05) is 47.4 Å². The molecule has 31 heavy (non-hydrogen) atoms. The van der Waals surface area contributed by atoms with Crippen molar-refractivity contribution in [3.8, 4) is 11.3 Å². The number of rotatable bonds is 6. The number of benzene rings is 1. The maximum absolute atomic E-state index is 5.95. The minimum atomic E-state index is 0.268. The number of nitrogens with zero attached hydrogens (tertiary/aromatic N) is 6. The van der Waals surface area contributed by atoms with Crippen molar-refractivity contribution in [2.45, 2.75) is 13.0 Å². The summed E-state index contributed by atoms with van der Waals surface area (Å²) in [7, 11) is 0. The Kier molecular flexibility index (Phi) is 5.56. The summed E-state index contributed by atoms with van der Waals surface area (Å²) in [6.45, 7) is 5.38. The van der Waals surface area contributed by atoms with Gasteiger partial charge in [0.05, 0.1) is 42.9 Å². The van der Waals surface area contributed by atoms with Crippen molar-refractivity contribution in [2.75, 3.05) is 38.6 Å².